The van der Waals surface area contributed by atoms with Gasteiger partial charge in [0.1, 0.15) is 0 Å². The fraction of sp³-hybridized carbons (Fsp3) is 0.615. The number of aromatic nitrogens is 2. The Bertz CT molecular complexity index is 853. The van der Waals surface area contributed by atoms with Gasteiger partial charge in [0.15, 0.2) is 0 Å². The number of likely N-dealkylation sites (tertiary alicyclic amines) is 1. The van der Waals surface area contributed by atoms with Crippen LogP contribution in [-0.2, 0) is 6.42 Å². The van der Waals surface area contributed by atoms with Gasteiger partial charge in [0.25, 0.3) is 0 Å². The standard InChI is InChI=1S/C26H37N3O2/c1-18(2)24-14-22(15-25-27-28-26(31-25)21-7-5-4-6-8-21)19(3)13-23(24)16-29-11-9-20(17-30)10-12-29/h4-8,13,18,20,22-24,30H,9-12,14-17H2,1-3H3/t22-,23-,24-/m0/s1. The maximum atomic E-state index is 9.42. The third kappa shape index (κ3) is 5.45. The lowest BCUT2D eigenvalue weighted by atomic mass is 9.69. The van der Waals surface area contributed by atoms with Crippen LogP contribution in [0, 0.1) is 29.6 Å². The SMILES string of the molecule is CC1=C[C@@H](CN2CCC(CO)CC2)[C@H](C(C)C)C[C@H]1Cc1nnc(-c2ccccc2)o1. The molecule has 2 heterocycles. The van der Waals surface area contributed by atoms with E-state index in [4.69, 9.17) is 4.42 Å². The van der Waals surface area contributed by atoms with E-state index >= 15 is 0 Å². The Morgan fingerprint density at radius 1 is 1.13 bits per heavy atom. The molecule has 0 unspecified atom stereocenters. The molecule has 2 aromatic rings. The summed E-state index contributed by atoms with van der Waals surface area (Å²) in [6, 6.07) is 9.99. The molecule has 2 aliphatic rings. The topological polar surface area (TPSA) is 62.4 Å². The Kier molecular flexibility index (Phi) is 7.24. The van der Waals surface area contributed by atoms with Gasteiger partial charge in [-0.15, -0.1) is 10.2 Å². The van der Waals surface area contributed by atoms with Crippen LogP contribution in [0.25, 0.3) is 11.5 Å². The van der Waals surface area contributed by atoms with E-state index < -0.39 is 0 Å². The molecule has 1 aromatic heterocycles. The van der Waals surface area contributed by atoms with Crippen molar-refractivity contribution < 1.29 is 9.52 Å². The van der Waals surface area contributed by atoms with Crippen molar-refractivity contribution in [2.24, 2.45) is 29.6 Å². The van der Waals surface area contributed by atoms with Gasteiger partial charge in [-0.3, -0.25) is 0 Å². The largest absolute Gasteiger partial charge is 0.421 e. The summed E-state index contributed by atoms with van der Waals surface area (Å²) in [4.78, 5) is 2.61. The third-order valence-corrected chi connectivity index (χ3v) is 7.43. The molecule has 0 amide bonds. The van der Waals surface area contributed by atoms with Gasteiger partial charge in [-0.2, -0.15) is 0 Å². The van der Waals surface area contributed by atoms with Gasteiger partial charge in [0.2, 0.25) is 11.8 Å². The van der Waals surface area contributed by atoms with Gasteiger partial charge in [0.05, 0.1) is 0 Å². The second-order valence-electron chi connectivity index (χ2n) is 9.91. The number of rotatable bonds is 7. The smallest absolute Gasteiger partial charge is 0.247 e. The first-order valence-electron chi connectivity index (χ1n) is 11.9. The number of aliphatic hydroxyl groups is 1. The molecular weight excluding hydrogens is 386 g/mol. The number of allylic oxidation sites excluding steroid dienone is 1. The van der Waals surface area contributed by atoms with Gasteiger partial charge in [-0.1, -0.05) is 43.7 Å². The number of benzene rings is 1. The normalized spacial score (nSPS) is 25.7. The summed E-state index contributed by atoms with van der Waals surface area (Å²) in [5.74, 6) is 4.23. The molecule has 0 saturated carbocycles. The molecule has 5 nitrogen and oxygen atoms in total. The Balaban J connectivity index is 1.42. The molecule has 1 fully saturated rings. The van der Waals surface area contributed by atoms with Crippen molar-refractivity contribution in [3.63, 3.8) is 0 Å². The molecule has 5 heteroatoms. The highest BCUT2D eigenvalue weighted by Gasteiger charge is 2.34. The van der Waals surface area contributed by atoms with Gasteiger partial charge in [0, 0.05) is 25.1 Å². The van der Waals surface area contributed by atoms with Crippen LogP contribution in [0.5, 0.6) is 0 Å². The highest BCUT2D eigenvalue weighted by atomic mass is 16.4. The van der Waals surface area contributed by atoms with E-state index in [0.717, 1.165) is 50.4 Å². The van der Waals surface area contributed by atoms with Crippen LogP contribution in [0.15, 0.2) is 46.4 Å². The van der Waals surface area contributed by atoms with E-state index in [1.54, 1.807) is 0 Å². The molecule has 168 valence electrons. The number of aliphatic hydroxyl groups excluding tert-OH is 1. The molecule has 1 N–H and O–H groups in total. The molecule has 31 heavy (non-hydrogen) atoms. The number of nitrogens with zero attached hydrogens (tertiary/aromatic N) is 3. The summed E-state index contributed by atoms with van der Waals surface area (Å²) in [7, 11) is 0. The van der Waals surface area contributed by atoms with E-state index in [1.807, 2.05) is 30.3 Å². The van der Waals surface area contributed by atoms with E-state index in [1.165, 1.54) is 12.0 Å². The zero-order valence-electron chi connectivity index (χ0n) is 19.2. The van der Waals surface area contributed by atoms with Crippen molar-refractivity contribution >= 4 is 0 Å². The van der Waals surface area contributed by atoms with Crippen LogP contribution in [-0.4, -0.2) is 46.4 Å². The summed E-state index contributed by atoms with van der Waals surface area (Å²) in [5.41, 5.74) is 2.44. The Hall–Kier alpha value is -1.98. The van der Waals surface area contributed by atoms with Crippen molar-refractivity contribution in [2.75, 3.05) is 26.2 Å². The summed E-state index contributed by atoms with van der Waals surface area (Å²) >= 11 is 0. The summed E-state index contributed by atoms with van der Waals surface area (Å²) in [6.45, 7) is 10.7. The van der Waals surface area contributed by atoms with Crippen molar-refractivity contribution in [3.8, 4) is 11.5 Å². The van der Waals surface area contributed by atoms with Crippen molar-refractivity contribution in [3.05, 3.63) is 47.9 Å². The molecule has 1 aliphatic heterocycles. The second kappa shape index (κ2) is 10.1. The average molecular weight is 424 g/mol. The summed E-state index contributed by atoms with van der Waals surface area (Å²) in [6.07, 6.45) is 6.79. The first-order valence-corrected chi connectivity index (χ1v) is 11.9. The van der Waals surface area contributed by atoms with Gasteiger partial charge in [-0.25, -0.2) is 0 Å². The monoisotopic (exact) mass is 423 g/mol. The summed E-state index contributed by atoms with van der Waals surface area (Å²) in [5, 5.41) is 18.0. The van der Waals surface area contributed by atoms with Gasteiger partial charge >= 0.3 is 0 Å². The lowest BCUT2D eigenvalue weighted by Crippen LogP contribution is -2.41. The van der Waals surface area contributed by atoms with Crippen LogP contribution in [0.2, 0.25) is 0 Å². The van der Waals surface area contributed by atoms with Crippen LogP contribution in [0.3, 0.4) is 0 Å². The minimum absolute atomic E-state index is 0.342. The maximum Gasteiger partial charge on any atom is 0.247 e. The lowest BCUT2D eigenvalue weighted by Gasteiger charge is -2.40. The molecule has 4 rings (SSSR count). The number of piperidine rings is 1. The average Bonchev–Trinajstić information content (AvgIpc) is 3.25. The molecule has 1 saturated heterocycles. The third-order valence-electron chi connectivity index (χ3n) is 7.43. The van der Waals surface area contributed by atoms with E-state index in [-0.39, 0.29) is 0 Å². The Morgan fingerprint density at radius 3 is 2.55 bits per heavy atom. The van der Waals surface area contributed by atoms with E-state index in [0.29, 0.717) is 42.1 Å². The van der Waals surface area contributed by atoms with Crippen molar-refractivity contribution in [2.45, 2.75) is 46.5 Å². The molecule has 1 aromatic carbocycles. The Labute approximate surface area is 186 Å². The van der Waals surface area contributed by atoms with Crippen LogP contribution >= 0.6 is 0 Å². The van der Waals surface area contributed by atoms with E-state index in [2.05, 4.69) is 41.9 Å². The van der Waals surface area contributed by atoms with Crippen molar-refractivity contribution in [1.82, 2.24) is 15.1 Å². The minimum Gasteiger partial charge on any atom is -0.421 e. The van der Waals surface area contributed by atoms with E-state index in [9.17, 15) is 5.11 Å². The highest BCUT2D eigenvalue weighted by Crippen LogP contribution is 2.39. The van der Waals surface area contributed by atoms with Crippen LogP contribution in [0.4, 0.5) is 0 Å². The quantitative estimate of drug-likeness (QED) is 0.646. The maximum absolute atomic E-state index is 9.42. The lowest BCUT2D eigenvalue weighted by molar-refractivity contribution is 0.103. The second-order valence-corrected chi connectivity index (χ2v) is 9.91. The zero-order chi connectivity index (χ0) is 21.8. The Morgan fingerprint density at radius 2 is 1.87 bits per heavy atom. The molecule has 3 atom stereocenters. The molecule has 0 spiro atoms. The minimum atomic E-state index is 0.342. The molecular formula is C26H37N3O2. The molecule has 1 aliphatic carbocycles. The summed E-state index contributed by atoms with van der Waals surface area (Å²) < 4.78 is 6.01. The molecule has 0 bridgehead atoms. The molecule has 0 radical (unpaired) electrons. The number of hydrogen-bond donors (Lipinski definition) is 1. The van der Waals surface area contributed by atoms with Crippen molar-refractivity contribution in [1.29, 1.82) is 0 Å². The predicted molar refractivity (Wildman–Crippen MR) is 123 cm³/mol. The van der Waals surface area contributed by atoms with Crippen LogP contribution in [0.1, 0.15) is 45.9 Å². The van der Waals surface area contributed by atoms with Gasteiger partial charge in [-0.05, 0) is 81.0 Å². The predicted octanol–water partition coefficient (Wildman–Crippen LogP) is 4.84. The fourth-order valence-corrected chi connectivity index (χ4v) is 5.38. The fourth-order valence-electron chi connectivity index (χ4n) is 5.38. The first-order chi connectivity index (χ1) is 15.0. The first kappa shape index (κ1) is 22.2. The highest BCUT2D eigenvalue weighted by molar-refractivity contribution is 5.51. The van der Waals surface area contributed by atoms with Crippen LogP contribution < -0.4 is 0 Å². The number of hydrogen-bond acceptors (Lipinski definition) is 5. The zero-order valence-corrected chi connectivity index (χ0v) is 19.2. The van der Waals surface area contributed by atoms with Gasteiger partial charge < -0.3 is 14.4 Å².